The number of hydrogen-bond acceptors (Lipinski definition) is 3. The third-order valence-corrected chi connectivity index (χ3v) is 2.45. The summed E-state index contributed by atoms with van der Waals surface area (Å²) in [6.45, 7) is 3.94. The van der Waals surface area contributed by atoms with Gasteiger partial charge in [-0.2, -0.15) is 0 Å². The Labute approximate surface area is 99.9 Å². The molecule has 17 heavy (non-hydrogen) atoms. The molecule has 4 heteroatoms. The van der Waals surface area contributed by atoms with E-state index >= 15 is 0 Å². The maximum absolute atomic E-state index is 11.8. The van der Waals surface area contributed by atoms with Crippen LogP contribution in [0.25, 0.3) is 5.69 Å². The summed E-state index contributed by atoms with van der Waals surface area (Å²) >= 11 is 0. The molecule has 0 radical (unpaired) electrons. The van der Waals surface area contributed by atoms with E-state index in [9.17, 15) is 4.79 Å². The molecule has 0 amide bonds. The fourth-order valence-corrected chi connectivity index (χ4v) is 1.67. The molecular weight excluding hydrogens is 216 g/mol. The summed E-state index contributed by atoms with van der Waals surface area (Å²) in [5.41, 5.74) is 2.06. The van der Waals surface area contributed by atoms with Crippen molar-refractivity contribution in [1.29, 1.82) is 0 Å². The van der Waals surface area contributed by atoms with Gasteiger partial charge in [-0.1, -0.05) is 18.2 Å². The Morgan fingerprint density at radius 3 is 2.71 bits per heavy atom. The van der Waals surface area contributed by atoms with Crippen molar-refractivity contribution in [3.8, 4) is 5.69 Å². The van der Waals surface area contributed by atoms with Crippen LogP contribution < -0.4 is 0 Å². The maximum atomic E-state index is 11.8. The first-order valence-corrected chi connectivity index (χ1v) is 5.50. The first-order chi connectivity index (χ1) is 8.24. The molecule has 0 unspecified atom stereocenters. The summed E-state index contributed by atoms with van der Waals surface area (Å²) < 4.78 is 6.77. The van der Waals surface area contributed by atoms with Crippen molar-refractivity contribution in [2.45, 2.75) is 13.8 Å². The second-order valence-corrected chi connectivity index (χ2v) is 3.60. The number of carbonyl (C=O) groups is 1. The third kappa shape index (κ3) is 2.20. The number of carbonyl (C=O) groups excluding carboxylic acids is 1. The van der Waals surface area contributed by atoms with E-state index in [1.165, 1.54) is 0 Å². The van der Waals surface area contributed by atoms with Crippen LogP contribution in [0.15, 0.2) is 36.7 Å². The normalized spacial score (nSPS) is 10.2. The molecule has 0 saturated carbocycles. The molecule has 2 aromatic rings. The van der Waals surface area contributed by atoms with Gasteiger partial charge in [-0.25, -0.2) is 9.78 Å². The minimum absolute atomic E-state index is 0.341. The van der Waals surface area contributed by atoms with Crippen molar-refractivity contribution >= 4 is 5.97 Å². The predicted molar refractivity (Wildman–Crippen MR) is 64.3 cm³/mol. The number of hydrogen-bond donors (Lipinski definition) is 0. The predicted octanol–water partition coefficient (Wildman–Crippen LogP) is 2.36. The molecule has 0 aliphatic heterocycles. The number of para-hydroxylation sites is 1. The Balaban J connectivity index is 2.46. The Morgan fingerprint density at radius 1 is 1.35 bits per heavy atom. The van der Waals surface area contributed by atoms with Crippen LogP contribution in [0, 0.1) is 6.92 Å². The number of aryl methyl sites for hydroxylation is 1. The zero-order chi connectivity index (χ0) is 12.3. The average molecular weight is 230 g/mol. The van der Waals surface area contributed by atoms with Gasteiger partial charge in [-0.15, -0.1) is 0 Å². The van der Waals surface area contributed by atoms with Crippen LogP contribution in [-0.4, -0.2) is 22.1 Å². The van der Waals surface area contributed by atoms with Gasteiger partial charge in [0.1, 0.15) is 6.33 Å². The van der Waals surface area contributed by atoms with E-state index < -0.39 is 0 Å². The van der Waals surface area contributed by atoms with Gasteiger partial charge in [0.25, 0.3) is 0 Å². The fraction of sp³-hybridized carbons (Fsp3) is 0.231. The maximum Gasteiger partial charge on any atom is 0.357 e. The highest BCUT2D eigenvalue weighted by atomic mass is 16.5. The summed E-state index contributed by atoms with van der Waals surface area (Å²) in [5, 5.41) is 0. The topological polar surface area (TPSA) is 44.1 Å². The van der Waals surface area contributed by atoms with Gasteiger partial charge in [-0.05, 0) is 26.0 Å². The molecule has 0 N–H and O–H groups in total. The molecule has 0 saturated heterocycles. The minimum Gasteiger partial charge on any atom is -0.461 e. The largest absolute Gasteiger partial charge is 0.461 e. The number of aromatic nitrogens is 2. The molecule has 2 rings (SSSR count). The van der Waals surface area contributed by atoms with Crippen molar-refractivity contribution in [2.75, 3.05) is 6.61 Å². The molecular formula is C13H14N2O2. The number of rotatable bonds is 3. The van der Waals surface area contributed by atoms with Crippen molar-refractivity contribution in [3.63, 3.8) is 0 Å². The van der Waals surface area contributed by atoms with Crippen LogP contribution in [0.2, 0.25) is 0 Å². The van der Waals surface area contributed by atoms with Gasteiger partial charge < -0.3 is 4.74 Å². The lowest BCUT2D eigenvalue weighted by molar-refractivity contribution is 0.0516. The number of nitrogens with zero attached hydrogens (tertiary/aromatic N) is 2. The monoisotopic (exact) mass is 230 g/mol. The second-order valence-electron chi connectivity index (χ2n) is 3.60. The molecule has 1 aromatic carbocycles. The van der Waals surface area contributed by atoms with Crippen LogP contribution in [0.1, 0.15) is 23.1 Å². The standard InChI is InChI=1S/C13H14N2O2/c1-3-17-13(16)12-10(2)14-9-15(12)11-7-5-4-6-8-11/h4-9H,3H2,1-2H3. The van der Waals surface area contributed by atoms with E-state index in [-0.39, 0.29) is 5.97 Å². The summed E-state index contributed by atoms with van der Waals surface area (Å²) in [5.74, 6) is -0.341. The summed E-state index contributed by atoms with van der Waals surface area (Å²) in [4.78, 5) is 16.0. The highest BCUT2D eigenvalue weighted by molar-refractivity contribution is 5.89. The van der Waals surface area contributed by atoms with Crippen LogP contribution in [0.3, 0.4) is 0 Å². The summed E-state index contributed by atoms with van der Waals surface area (Å²) in [7, 11) is 0. The molecule has 0 aliphatic rings. The SMILES string of the molecule is CCOC(=O)c1c(C)ncn1-c1ccccc1. The zero-order valence-corrected chi connectivity index (χ0v) is 9.88. The van der Waals surface area contributed by atoms with Crippen molar-refractivity contribution in [1.82, 2.24) is 9.55 Å². The lowest BCUT2D eigenvalue weighted by atomic mass is 10.3. The highest BCUT2D eigenvalue weighted by Gasteiger charge is 2.17. The van der Waals surface area contributed by atoms with E-state index in [1.807, 2.05) is 30.3 Å². The smallest absolute Gasteiger partial charge is 0.357 e. The van der Waals surface area contributed by atoms with Gasteiger partial charge in [0.2, 0.25) is 0 Å². The first-order valence-electron chi connectivity index (χ1n) is 5.50. The second kappa shape index (κ2) is 4.82. The molecule has 0 aliphatic carbocycles. The van der Waals surface area contributed by atoms with E-state index in [0.29, 0.717) is 18.0 Å². The number of imidazole rings is 1. The number of ether oxygens (including phenoxy) is 1. The zero-order valence-electron chi connectivity index (χ0n) is 9.88. The molecule has 88 valence electrons. The lowest BCUT2D eigenvalue weighted by Crippen LogP contribution is -2.12. The van der Waals surface area contributed by atoms with Crippen LogP contribution in [0.4, 0.5) is 0 Å². The summed E-state index contributed by atoms with van der Waals surface area (Å²) in [6.07, 6.45) is 1.64. The van der Waals surface area contributed by atoms with Crippen LogP contribution in [0.5, 0.6) is 0 Å². The van der Waals surface area contributed by atoms with Crippen molar-refractivity contribution < 1.29 is 9.53 Å². The third-order valence-electron chi connectivity index (χ3n) is 2.45. The molecule has 0 fully saturated rings. The number of esters is 1. The molecule has 4 nitrogen and oxygen atoms in total. The molecule has 0 bridgehead atoms. The van der Waals surface area contributed by atoms with E-state index in [1.54, 1.807) is 24.7 Å². The Bertz CT molecular complexity index is 517. The van der Waals surface area contributed by atoms with Crippen LogP contribution in [-0.2, 0) is 4.74 Å². The van der Waals surface area contributed by atoms with Gasteiger partial charge >= 0.3 is 5.97 Å². The van der Waals surface area contributed by atoms with E-state index in [2.05, 4.69) is 4.98 Å². The highest BCUT2D eigenvalue weighted by Crippen LogP contribution is 2.15. The summed E-state index contributed by atoms with van der Waals surface area (Å²) in [6, 6.07) is 9.60. The molecule has 1 aromatic heterocycles. The van der Waals surface area contributed by atoms with Gasteiger partial charge in [0, 0.05) is 5.69 Å². The molecule has 0 spiro atoms. The Kier molecular flexibility index (Phi) is 3.23. The molecule has 0 atom stereocenters. The molecule has 1 heterocycles. The Morgan fingerprint density at radius 2 is 2.06 bits per heavy atom. The van der Waals surface area contributed by atoms with Crippen LogP contribution >= 0.6 is 0 Å². The van der Waals surface area contributed by atoms with E-state index in [0.717, 1.165) is 5.69 Å². The number of benzene rings is 1. The first kappa shape index (κ1) is 11.4. The van der Waals surface area contributed by atoms with E-state index in [4.69, 9.17) is 4.74 Å². The lowest BCUT2D eigenvalue weighted by Gasteiger charge is -2.07. The van der Waals surface area contributed by atoms with Gasteiger partial charge in [0.05, 0.1) is 12.3 Å². The minimum atomic E-state index is -0.341. The van der Waals surface area contributed by atoms with Crippen molar-refractivity contribution in [2.24, 2.45) is 0 Å². The quantitative estimate of drug-likeness (QED) is 0.760. The van der Waals surface area contributed by atoms with Crippen molar-refractivity contribution in [3.05, 3.63) is 48.0 Å². The average Bonchev–Trinajstić information content (AvgIpc) is 2.73. The van der Waals surface area contributed by atoms with Gasteiger partial charge in [0.15, 0.2) is 5.69 Å². The van der Waals surface area contributed by atoms with Gasteiger partial charge in [-0.3, -0.25) is 4.57 Å². The Hall–Kier alpha value is -2.10. The fourth-order valence-electron chi connectivity index (χ4n) is 1.67.